The second-order valence-electron chi connectivity index (χ2n) is 1.80. The van der Waals surface area contributed by atoms with Crippen molar-refractivity contribution >= 4 is 0 Å². The van der Waals surface area contributed by atoms with Gasteiger partial charge >= 0.3 is 5.72 Å². The fraction of sp³-hybridized carbons (Fsp3) is 0.800. The first-order valence-electron chi connectivity index (χ1n) is 2.38. The summed E-state index contributed by atoms with van der Waals surface area (Å²) in [6.07, 6.45) is 0. The molecular weight excluding hydrogens is 106 g/mol. The van der Waals surface area contributed by atoms with Crippen LogP contribution in [0.15, 0.2) is 0 Å². The predicted molar refractivity (Wildman–Crippen MR) is 28.9 cm³/mol. The standard InChI is InChI=1S/C5H8NO2/c1-6-5(3-7-2)4-8-5/h1H,3-4H2,2H3/q+1. The number of hydrogen-bond donors (Lipinski definition) is 0. The summed E-state index contributed by atoms with van der Waals surface area (Å²) in [5.41, 5.74) is -0.477. The first-order chi connectivity index (χ1) is 3.83. The zero-order valence-corrected chi connectivity index (χ0v) is 4.76. The van der Waals surface area contributed by atoms with Crippen LogP contribution in [0.3, 0.4) is 0 Å². The van der Waals surface area contributed by atoms with Gasteiger partial charge < -0.3 is 4.74 Å². The Morgan fingerprint density at radius 3 is 2.75 bits per heavy atom. The van der Waals surface area contributed by atoms with Crippen LogP contribution in [0.4, 0.5) is 0 Å². The Balaban J connectivity index is 2.33. The highest BCUT2D eigenvalue weighted by molar-refractivity contribution is 5.02. The van der Waals surface area contributed by atoms with Crippen molar-refractivity contribution in [3.63, 3.8) is 0 Å². The molecule has 1 aliphatic heterocycles. The highest BCUT2D eigenvalue weighted by atomic mass is 16.6. The van der Waals surface area contributed by atoms with E-state index in [1.54, 1.807) is 7.11 Å². The van der Waals surface area contributed by atoms with E-state index in [2.05, 4.69) is 4.85 Å². The highest BCUT2D eigenvalue weighted by Crippen LogP contribution is 2.27. The topological polar surface area (TPSA) is 26.1 Å². The molecule has 0 aliphatic carbocycles. The Hall–Kier alpha value is -0.590. The molecule has 8 heavy (non-hydrogen) atoms. The maximum Gasteiger partial charge on any atom is 0.431 e. The quantitative estimate of drug-likeness (QED) is 0.483. The summed E-state index contributed by atoms with van der Waals surface area (Å²) >= 11 is 0. The molecule has 0 aromatic carbocycles. The lowest BCUT2D eigenvalue weighted by Crippen LogP contribution is -2.12. The van der Waals surface area contributed by atoms with Crippen LogP contribution in [-0.2, 0) is 9.47 Å². The molecule has 1 heterocycles. The molecule has 0 saturated carbocycles. The molecule has 0 aromatic heterocycles. The minimum absolute atomic E-state index is 0.462. The number of rotatable bonds is 2. The van der Waals surface area contributed by atoms with E-state index in [-0.39, 0.29) is 0 Å². The summed E-state index contributed by atoms with van der Waals surface area (Å²) in [5.74, 6) is 0. The van der Waals surface area contributed by atoms with Crippen LogP contribution in [0.25, 0.3) is 4.85 Å². The molecule has 0 radical (unpaired) electrons. The van der Waals surface area contributed by atoms with Crippen LogP contribution in [0.2, 0.25) is 0 Å². The van der Waals surface area contributed by atoms with Crippen LogP contribution < -0.4 is 0 Å². The summed E-state index contributed by atoms with van der Waals surface area (Å²) in [6, 6.07) is 0. The van der Waals surface area contributed by atoms with E-state index in [1.807, 2.05) is 0 Å². The van der Waals surface area contributed by atoms with Crippen molar-refractivity contribution in [1.82, 2.24) is 0 Å². The molecule has 1 unspecified atom stereocenters. The Bertz CT molecular complexity index is 123. The summed E-state index contributed by atoms with van der Waals surface area (Å²) in [5, 5.41) is 0. The molecule has 3 nitrogen and oxygen atoms in total. The van der Waals surface area contributed by atoms with Crippen LogP contribution >= 0.6 is 0 Å². The van der Waals surface area contributed by atoms with Crippen molar-refractivity contribution in [2.24, 2.45) is 0 Å². The molecule has 0 N–H and O–H groups in total. The van der Waals surface area contributed by atoms with E-state index >= 15 is 0 Å². The van der Waals surface area contributed by atoms with Gasteiger partial charge in [0.15, 0.2) is 13.2 Å². The van der Waals surface area contributed by atoms with Gasteiger partial charge in [0.05, 0.1) is 0 Å². The Morgan fingerprint density at radius 2 is 2.62 bits per heavy atom. The molecule has 1 atom stereocenters. The Labute approximate surface area is 48.0 Å². The average molecular weight is 114 g/mol. The molecular formula is C5H8NO2+. The Morgan fingerprint density at radius 1 is 2.00 bits per heavy atom. The molecule has 3 heteroatoms. The van der Waals surface area contributed by atoms with E-state index < -0.39 is 5.72 Å². The van der Waals surface area contributed by atoms with Gasteiger partial charge in [0.1, 0.15) is 0 Å². The third kappa shape index (κ3) is 0.808. The number of methoxy groups -OCH3 is 1. The number of hydrogen-bond acceptors (Lipinski definition) is 2. The van der Waals surface area contributed by atoms with Gasteiger partial charge in [0.2, 0.25) is 0 Å². The van der Waals surface area contributed by atoms with Gasteiger partial charge in [-0.25, -0.2) is 0 Å². The minimum Gasteiger partial charge on any atom is -0.373 e. The fourth-order valence-electron chi connectivity index (χ4n) is 0.504. The average Bonchev–Trinajstić information content (AvgIpc) is 2.50. The van der Waals surface area contributed by atoms with Gasteiger partial charge in [0.25, 0.3) is 6.57 Å². The van der Waals surface area contributed by atoms with Crippen molar-refractivity contribution in [2.75, 3.05) is 20.3 Å². The van der Waals surface area contributed by atoms with E-state index in [4.69, 9.17) is 16.0 Å². The van der Waals surface area contributed by atoms with Crippen molar-refractivity contribution in [1.29, 1.82) is 0 Å². The smallest absolute Gasteiger partial charge is 0.373 e. The van der Waals surface area contributed by atoms with Gasteiger partial charge in [0, 0.05) is 7.11 Å². The van der Waals surface area contributed by atoms with Crippen molar-refractivity contribution in [3.05, 3.63) is 4.85 Å². The largest absolute Gasteiger partial charge is 0.431 e. The van der Waals surface area contributed by atoms with Gasteiger partial charge in [-0.1, -0.05) is 0 Å². The molecule has 1 saturated heterocycles. The molecule has 0 bridgehead atoms. The number of nitrogens with zero attached hydrogens (tertiary/aromatic N) is 1. The summed E-state index contributed by atoms with van der Waals surface area (Å²) in [4.78, 5) is 3.47. The van der Waals surface area contributed by atoms with Gasteiger partial charge in [-0.3, -0.25) is 4.74 Å². The second kappa shape index (κ2) is 1.73. The summed E-state index contributed by atoms with van der Waals surface area (Å²) in [6.45, 7) is 6.03. The summed E-state index contributed by atoms with van der Waals surface area (Å²) < 4.78 is 9.63. The second-order valence-corrected chi connectivity index (χ2v) is 1.80. The predicted octanol–water partition coefficient (Wildman–Crippen LogP) is 0.322. The molecule has 1 fully saturated rings. The van der Waals surface area contributed by atoms with Gasteiger partial charge in [-0.15, -0.1) is 0 Å². The molecule has 0 amide bonds. The molecule has 0 aromatic rings. The SMILES string of the molecule is C#[N+]C1(COC)CO1. The van der Waals surface area contributed by atoms with Crippen LogP contribution in [0, 0.1) is 6.57 Å². The van der Waals surface area contributed by atoms with E-state index in [9.17, 15) is 0 Å². The van der Waals surface area contributed by atoms with Crippen LogP contribution in [0.5, 0.6) is 0 Å². The van der Waals surface area contributed by atoms with Gasteiger partial charge in [-0.05, 0) is 4.85 Å². The lowest BCUT2D eigenvalue weighted by Gasteiger charge is -1.88. The zero-order valence-electron chi connectivity index (χ0n) is 4.76. The maximum absolute atomic E-state index is 4.97. The summed E-state index contributed by atoms with van der Waals surface area (Å²) in [7, 11) is 1.59. The van der Waals surface area contributed by atoms with Crippen LogP contribution in [-0.4, -0.2) is 26.0 Å². The highest BCUT2D eigenvalue weighted by Gasteiger charge is 2.57. The van der Waals surface area contributed by atoms with Crippen molar-refractivity contribution in [2.45, 2.75) is 5.72 Å². The van der Waals surface area contributed by atoms with E-state index in [0.29, 0.717) is 13.2 Å². The van der Waals surface area contributed by atoms with E-state index in [1.165, 1.54) is 0 Å². The maximum atomic E-state index is 4.97. The Kier molecular flexibility index (Phi) is 1.20. The van der Waals surface area contributed by atoms with Crippen molar-refractivity contribution in [3.8, 4) is 6.57 Å². The normalized spacial score (nSPS) is 34.0. The van der Waals surface area contributed by atoms with Crippen LogP contribution in [0.1, 0.15) is 0 Å². The monoisotopic (exact) mass is 114 g/mol. The first-order valence-corrected chi connectivity index (χ1v) is 2.38. The lowest BCUT2D eigenvalue weighted by atomic mass is 10.4. The van der Waals surface area contributed by atoms with E-state index in [0.717, 1.165) is 0 Å². The molecule has 1 rings (SSSR count). The minimum atomic E-state index is -0.477. The lowest BCUT2D eigenvalue weighted by molar-refractivity contribution is 0.142. The molecule has 1 aliphatic rings. The molecule has 0 spiro atoms. The fourth-order valence-corrected chi connectivity index (χ4v) is 0.504. The van der Waals surface area contributed by atoms with Gasteiger partial charge in [-0.2, -0.15) is 0 Å². The third-order valence-electron chi connectivity index (χ3n) is 1.08. The first kappa shape index (κ1) is 5.54. The number of epoxide rings is 1. The number of ether oxygens (including phenoxy) is 2. The zero-order chi connectivity index (χ0) is 6.04. The third-order valence-corrected chi connectivity index (χ3v) is 1.08. The molecule has 44 valence electrons. The van der Waals surface area contributed by atoms with Crippen molar-refractivity contribution < 1.29 is 9.47 Å².